The molecule has 2 N–H and O–H groups in total. The quantitative estimate of drug-likeness (QED) is 0.677. The summed E-state index contributed by atoms with van der Waals surface area (Å²) in [7, 11) is 1.52. The van der Waals surface area contributed by atoms with Crippen molar-refractivity contribution in [2.45, 2.75) is 13.8 Å². The van der Waals surface area contributed by atoms with E-state index in [9.17, 15) is 4.79 Å². The molecular formula is C17H19NO3. The molecule has 0 aliphatic rings. The molecule has 4 heteroatoms. The number of anilines is 1. The van der Waals surface area contributed by atoms with Crippen molar-refractivity contribution >= 4 is 11.5 Å². The maximum absolute atomic E-state index is 12.8. The Labute approximate surface area is 124 Å². The lowest BCUT2D eigenvalue weighted by Gasteiger charge is -2.12. The van der Waals surface area contributed by atoms with Crippen molar-refractivity contribution in [1.29, 1.82) is 0 Å². The fourth-order valence-electron chi connectivity index (χ4n) is 2.14. The third kappa shape index (κ3) is 3.16. The number of ketones is 1. The van der Waals surface area contributed by atoms with Crippen LogP contribution in [-0.2, 0) is 0 Å². The normalized spacial score (nSPS) is 10.2. The highest BCUT2D eigenvalue weighted by atomic mass is 16.5. The Balaban J connectivity index is 2.51. The minimum Gasteiger partial charge on any atom is -0.496 e. The van der Waals surface area contributed by atoms with Gasteiger partial charge in [-0.15, -0.1) is 0 Å². The predicted octanol–water partition coefficient (Wildman–Crippen LogP) is 3.22. The lowest BCUT2D eigenvalue weighted by Crippen LogP contribution is -2.08. The van der Waals surface area contributed by atoms with Crippen molar-refractivity contribution in [1.82, 2.24) is 0 Å². The Kier molecular flexibility index (Phi) is 4.48. The van der Waals surface area contributed by atoms with Crippen LogP contribution in [0.4, 0.5) is 5.69 Å². The second-order valence-electron chi connectivity index (χ2n) is 4.72. The van der Waals surface area contributed by atoms with Crippen LogP contribution in [0.2, 0.25) is 0 Å². The molecule has 0 aliphatic heterocycles. The van der Waals surface area contributed by atoms with Gasteiger partial charge in [0.1, 0.15) is 11.5 Å². The van der Waals surface area contributed by atoms with Gasteiger partial charge in [0.2, 0.25) is 0 Å². The maximum atomic E-state index is 12.8. The van der Waals surface area contributed by atoms with E-state index < -0.39 is 0 Å². The van der Waals surface area contributed by atoms with E-state index in [1.807, 2.05) is 32.0 Å². The summed E-state index contributed by atoms with van der Waals surface area (Å²) >= 11 is 0. The van der Waals surface area contributed by atoms with Gasteiger partial charge in [-0.1, -0.05) is 11.6 Å². The van der Waals surface area contributed by atoms with Crippen LogP contribution in [0.3, 0.4) is 0 Å². The molecule has 110 valence electrons. The Morgan fingerprint density at radius 2 is 1.86 bits per heavy atom. The van der Waals surface area contributed by atoms with E-state index in [1.54, 1.807) is 18.2 Å². The predicted molar refractivity (Wildman–Crippen MR) is 83.2 cm³/mol. The highest BCUT2D eigenvalue weighted by Crippen LogP contribution is 2.28. The van der Waals surface area contributed by atoms with Crippen molar-refractivity contribution in [3.63, 3.8) is 0 Å². The zero-order chi connectivity index (χ0) is 15.4. The van der Waals surface area contributed by atoms with Gasteiger partial charge < -0.3 is 15.2 Å². The first-order chi connectivity index (χ1) is 10.1. The average Bonchev–Trinajstić information content (AvgIpc) is 2.48. The summed E-state index contributed by atoms with van der Waals surface area (Å²) in [5.74, 6) is 0.898. The summed E-state index contributed by atoms with van der Waals surface area (Å²) in [6, 6.07) is 10.6. The van der Waals surface area contributed by atoms with Crippen LogP contribution in [0.1, 0.15) is 28.4 Å². The molecule has 0 spiro atoms. The topological polar surface area (TPSA) is 61.5 Å². The average molecular weight is 285 g/mol. The molecule has 0 saturated carbocycles. The monoisotopic (exact) mass is 285 g/mol. The molecule has 0 unspecified atom stereocenters. The number of ether oxygens (including phenoxy) is 2. The van der Waals surface area contributed by atoms with Gasteiger partial charge in [0.25, 0.3) is 0 Å². The summed E-state index contributed by atoms with van der Waals surface area (Å²) in [4.78, 5) is 12.8. The van der Waals surface area contributed by atoms with Crippen LogP contribution in [0.15, 0.2) is 36.4 Å². The molecule has 0 saturated heterocycles. The number of nitrogens with two attached hydrogens (primary N) is 1. The summed E-state index contributed by atoms with van der Waals surface area (Å²) in [6.07, 6.45) is 0. The van der Waals surface area contributed by atoms with E-state index in [0.717, 1.165) is 5.56 Å². The Bertz CT molecular complexity index is 665. The highest BCUT2D eigenvalue weighted by Gasteiger charge is 2.19. The van der Waals surface area contributed by atoms with E-state index in [-0.39, 0.29) is 5.78 Å². The van der Waals surface area contributed by atoms with Crippen molar-refractivity contribution in [3.05, 3.63) is 53.1 Å². The fourth-order valence-corrected chi connectivity index (χ4v) is 2.14. The smallest absolute Gasteiger partial charge is 0.200 e. The molecule has 2 rings (SSSR count). The molecule has 0 aliphatic carbocycles. The van der Waals surface area contributed by atoms with Crippen molar-refractivity contribution in [3.8, 4) is 11.5 Å². The molecule has 2 aromatic carbocycles. The number of aryl methyl sites for hydroxylation is 1. The van der Waals surface area contributed by atoms with Gasteiger partial charge in [-0.3, -0.25) is 4.79 Å². The first-order valence-corrected chi connectivity index (χ1v) is 6.78. The van der Waals surface area contributed by atoms with Crippen molar-refractivity contribution < 1.29 is 14.3 Å². The molecule has 2 aromatic rings. The fraction of sp³-hybridized carbons (Fsp3) is 0.235. The lowest BCUT2D eigenvalue weighted by atomic mass is 9.99. The molecule has 4 nitrogen and oxygen atoms in total. The molecule has 0 bridgehead atoms. The maximum Gasteiger partial charge on any atom is 0.200 e. The van der Waals surface area contributed by atoms with Gasteiger partial charge in [-0.25, -0.2) is 0 Å². The number of nitrogen functional groups attached to an aromatic ring is 1. The van der Waals surface area contributed by atoms with Gasteiger partial charge in [-0.2, -0.15) is 0 Å². The second-order valence-corrected chi connectivity index (χ2v) is 4.72. The largest absolute Gasteiger partial charge is 0.496 e. The van der Waals surface area contributed by atoms with Gasteiger partial charge >= 0.3 is 0 Å². The Hall–Kier alpha value is -2.49. The molecular weight excluding hydrogens is 266 g/mol. The first-order valence-electron chi connectivity index (χ1n) is 6.78. The molecule has 0 fully saturated rings. The Morgan fingerprint density at radius 3 is 2.52 bits per heavy atom. The standard InChI is InChI=1S/C17H19NO3/c1-4-21-15-8-5-11(2)9-14(15)17(19)13-7-6-12(18)10-16(13)20-3/h5-10H,4,18H2,1-3H3. The van der Waals surface area contributed by atoms with Crippen LogP contribution in [-0.4, -0.2) is 19.5 Å². The SMILES string of the molecule is CCOc1ccc(C)cc1C(=O)c1ccc(N)cc1OC. The molecule has 0 heterocycles. The summed E-state index contributed by atoms with van der Waals surface area (Å²) < 4.78 is 10.8. The third-order valence-corrected chi connectivity index (χ3v) is 3.15. The van der Waals surface area contributed by atoms with Crippen LogP contribution in [0.25, 0.3) is 0 Å². The van der Waals surface area contributed by atoms with Crippen LogP contribution in [0.5, 0.6) is 11.5 Å². The van der Waals surface area contributed by atoms with Crippen LogP contribution < -0.4 is 15.2 Å². The van der Waals surface area contributed by atoms with Crippen molar-refractivity contribution in [2.24, 2.45) is 0 Å². The number of carbonyl (C=O) groups is 1. The van der Waals surface area contributed by atoms with E-state index in [4.69, 9.17) is 15.2 Å². The Morgan fingerprint density at radius 1 is 1.10 bits per heavy atom. The minimum atomic E-state index is -0.140. The lowest BCUT2D eigenvalue weighted by molar-refractivity contribution is 0.103. The van der Waals surface area contributed by atoms with Crippen molar-refractivity contribution in [2.75, 3.05) is 19.5 Å². The van der Waals surface area contributed by atoms with Crippen LogP contribution >= 0.6 is 0 Å². The molecule has 0 atom stereocenters. The molecule has 21 heavy (non-hydrogen) atoms. The summed E-state index contributed by atoms with van der Waals surface area (Å²) in [5.41, 5.74) is 8.28. The molecule has 0 aromatic heterocycles. The molecule has 0 radical (unpaired) electrons. The number of methoxy groups -OCH3 is 1. The number of hydrogen-bond donors (Lipinski definition) is 1. The van der Waals surface area contributed by atoms with E-state index >= 15 is 0 Å². The van der Waals surface area contributed by atoms with Gasteiger partial charge in [-0.05, 0) is 38.1 Å². The minimum absolute atomic E-state index is 0.140. The van der Waals surface area contributed by atoms with Crippen LogP contribution in [0, 0.1) is 6.92 Å². The van der Waals surface area contributed by atoms with E-state index in [1.165, 1.54) is 7.11 Å². The molecule has 0 amide bonds. The second kappa shape index (κ2) is 6.31. The highest BCUT2D eigenvalue weighted by molar-refractivity contribution is 6.12. The number of benzene rings is 2. The third-order valence-electron chi connectivity index (χ3n) is 3.15. The summed E-state index contributed by atoms with van der Waals surface area (Å²) in [5, 5.41) is 0. The zero-order valence-electron chi connectivity index (χ0n) is 12.5. The number of hydrogen-bond acceptors (Lipinski definition) is 4. The number of rotatable bonds is 5. The van der Waals surface area contributed by atoms with Gasteiger partial charge in [0.05, 0.1) is 24.8 Å². The first kappa shape index (κ1) is 14.9. The summed E-state index contributed by atoms with van der Waals surface area (Å²) in [6.45, 7) is 4.33. The van der Waals surface area contributed by atoms with E-state index in [2.05, 4.69) is 0 Å². The zero-order valence-corrected chi connectivity index (χ0v) is 12.5. The van der Waals surface area contributed by atoms with E-state index in [0.29, 0.717) is 34.9 Å². The van der Waals surface area contributed by atoms with Gasteiger partial charge in [0, 0.05) is 11.8 Å². The number of carbonyl (C=O) groups excluding carboxylic acids is 1. The van der Waals surface area contributed by atoms with Gasteiger partial charge in [0.15, 0.2) is 5.78 Å².